The minimum Gasteiger partial charge on any atom is -0.384 e. The Labute approximate surface area is 118 Å². The number of methoxy groups -OCH3 is 1. The molecule has 0 aliphatic heterocycles. The monoisotopic (exact) mass is 317 g/mol. The molecule has 5 heteroatoms. The number of aryl methyl sites for hydroxylation is 2. The normalized spacial score (nSPS) is 14.8. The van der Waals surface area contributed by atoms with Crippen LogP contribution in [0.25, 0.3) is 0 Å². The van der Waals surface area contributed by atoms with Crippen molar-refractivity contribution in [3.8, 4) is 0 Å². The van der Waals surface area contributed by atoms with Gasteiger partial charge in [0.05, 0.1) is 15.9 Å². The second-order valence-corrected chi connectivity index (χ2v) is 5.74. The van der Waals surface area contributed by atoms with Crippen LogP contribution in [0.15, 0.2) is 4.47 Å². The second kappa shape index (κ2) is 7.26. The van der Waals surface area contributed by atoms with Crippen LogP contribution >= 0.6 is 15.9 Å². The summed E-state index contributed by atoms with van der Waals surface area (Å²) in [7, 11) is 3.71. The Kier molecular flexibility index (Phi) is 6.32. The molecule has 4 nitrogen and oxygen atoms in total. The topological polar surface area (TPSA) is 53.1 Å². The molecule has 1 aromatic rings. The maximum absolute atomic E-state index is 6.21. The van der Waals surface area contributed by atoms with Crippen molar-refractivity contribution in [3.63, 3.8) is 0 Å². The molecule has 2 unspecified atom stereocenters. The molecule has 1 heterocycles. The van der Waals surface area contributed by atoms with Gasteiger partial charge in [0.25, 0.3) is 0 Å². The fourth-order valence-electron chi connectivity index (χ4n) is 2.24. The average molecular weight is 318 g/mol. The molecule has 0 fully saturated rings. The van der Waals surface area contributed by atoms with E-state index in [1.165, 1.54) is 5.69 Å². The van der Waals surface area contributed by atoms with E-state index >= 15 is 0 Å². The van der Waals surface area contributed by atoms with Gasteiger partial charge in [0.15, 0.2) is 0 Å². The van der Waals surface area contributed by atoms with Gasteiger partial charge in [-0.2, -0.15) is 5.10 Å². The number of ether oxygens (including phenoxy) is 1. The first-order valence-electron chi connectivity index (χ1n) is 6.44. The number of halogens is 1. The van der Waals surface area contributed by atoms with Gasteiger partial charge in [-0.15, -0.1) is 0 Å². The quantitative estimate of drug-likeness (QED) is 0.839. The molecule has 1 rings (SSSR count). The van der Waals surface area contributed by atoms with E-state index in [0.29, 0.717) is 5.92 Å². The summed E-state index contributed by atoms with van der Waals surface area (Å²) in [6, 6.07) is 0.145. The molecule has 0 spiro atoms. The first-order valence-corrected chi connectivity index (χ1v) is 7.23. The Hall–Kier alpha value is -0.390. The van der Waals surface area contributed by atoms with Gasteiger partial charge in [0.1, 0.15) is 0 Å². The lowest BCUT2D eigenvalue weighted by Crippen LogP contribution is -2.27. The van der Waals surface area contributed by atoms with Crippen molar-refractivity contribution in [2.45, 2.75) is 39.2 Å². The van der Waals surface area contributed by atoms with E-state index in [-0.39, 0.29) is 6.04 Å². The van der Waals surface area contributed by atoms with Crippen LogP contribution in [-0.2, 0) is 24.6 Å². The van der Waals surface area contributed by atoms with Crippen LogP contribution in [0.2, 0.25) is 0 Å². The van der Waals surface area contributed by atoms with Gasteiger partial charge in [-0.25, -0.2) is 0 Å². The highest BCUT2D eigenvalue weighted by atomic mass is 79.9. The third-order valence-corrected chi connectivity index (χ3v) is 4.03. The van der Waals surface area contributed by atoms with E-state index in [1.54, 1.807) is 7.11 Å². The zero-order chi connectivity index (χ0) is 13.7. The molecule has 0 saturated heterocycles. The fourth-order valence-corrected chi connectivity index (χ4v) is 3.02. The minimum absolute atomic E-state index is 0.145. The molecule has 18 heavy (non-hydrogen) atoms. The Morgan fingerprint density at radius 1 is 1.50 bits per heavy atom. The largest absolute Gasteiger partial charge is 0.384 e. The van der Waals surface area contributed by atoms with Gasteiger partial charge < -0.3 is 10.5 Å². The average Bonchev–Trinajstić information content (AvgIpc) is 2.56. The van der Waals surface area contributed by atoms with Gasteiger partial charge in [-0.05, 0) is 34.7 Å². The number of aromatic nitrogens is 2. The molecule has 1 aromatic heterocycles. The van der Waals surface area contributed by atoms with Crippen LogP contribution in [0.5, 0.6) is 0 Å². The molecule has 0 aliphatic rings. The van der Waals surface area contributed by atoms with E-state index in [2.05, 4.69) is 34.9 Å². The first kappa shape index (κ1) is 15.7. The number of nitrogens with zero attached hydrogens (tertiary/aromatic N) is 2. The van der Waals surface area contributed by atoms with Crippen molar-refractivity contribution in [3.05, 3.63) is 15.9 Å². The zero-order valence-electron chi connectivity index (χ0n) is 11.7. The molecule has 0 saturated carbocycles. The fraction of sp³-hybridized carbons (Fsp3) is 0.769. The van der Waals surface area contributed by atoms with E-state index in [9.17, 15) is 0 Å². The summed E-state index contributed by atoms with van der Waals surface area (Å²) in [5.74, 6) is 0.489. The highest BCUT2D eigenvalue weighted by Gasteiger charge is 2.17. The summed E-state index contributed by atoms with van der Waals surface area (Å²) >= 11 is 3.62. The lowest BCUT2D eigenvalue weighted by atomic mass is 9.99. The van der Waals surface area contributed by atoms with Gasteiger partial charge in [0, 0.05) is 33.2 Å². The van der Waals surface area contributed by atoms with Crippen LogP contribution in [0.4, 0.5) is 0 Å². The van der Waals surface area contributed by atoms with Gasteiger partial charge in [-0.3, -0.25) is 4.68 Å². The third-order valence-electron chi connectivity index (χ3n) is 3.11. The van der Waals surface area contributed by atoms with Crippen molar-refractivity contribution >= 4 is 15.9 Å². The first-order chi connectivity index (χ1) is 8.49. The Morgan fingerprint density at radius 2 is 2.17 bits per heavy atom. The molecule has 0 bridgehead atoms. The summed E-state index contributed by atoms with van der Waals surface area (Å²) in [6.45, 7) is 5.04. The molecule has 2 atom stereocenters. The lowest BCUT2D eigenvalue weighted by Gasteiger charge is -2.17. The van der Waals surface area contributed by atoms with Gasteiger partial charge >= 0.3 is 0 Å². The van der Waals surface area contributed by atoms with Gasteiger partial charge in [-0.1, -0.05) is 13.8 Å². The Morgan fingerprint density at radius 3 is 2.67 bits per heavy atom. The summed E-state index contributed by atoms with van der Waals surface area (Å²) in [5.41, 5.74) is 8.49. The van der Waals surface area contributed by atoms with Crippen molar-refractivity contribution in [1.29, 1.82) is 0 Å². The van der Waals surface area contributed by atoms with Crippen molar-refractivity contribution in [1.82, 2.24) is 9.78 Å². The Balaban J connectivity index is 2.64. The summed E-state index contributed by atoms with van der Waals surface area (Å²) in [6.07, 6.45) is 2.74. The second-order valence-electron chi connectivity index (χ2n) is 4.94. The smallest absolute Gasteiger partial charge is 0.0766 e. The molecule has 0 aromatic carbocycles. The van der Waals surface area contributed by atoms with E-state index in [0.717, 1.165) is 36.0 Å². The number of rotatable bonds is 7. The molecule has 0 aliphatic carbocycles. The molecular weight excluding hydrogens is 294 g/mol. The zero-order valence-corrected chi connectivity index (χ0v) is 13.3. The third kappa shape index (κ3) is 4.07. The summed E-state index contributed by atoms with van der Waals surface area (Å²) < 4.78 is 8.19. The van der Waals surface area contributed by atoms with Crippen LogP contribution in [-0.4, -0.2) is 29.5 Å². The number of nitrogens with two attached hydrogens (primary N) is 1. The standard InChI is InChI=1S/C13H24BrN3O/c1-5-11-13(14)12(17(3)16-11)7-10(15)6-9(2)8-18-4/h9-10H,5-8,15H2,1-4H3. The van der Waals surface area contributed by atoms with Crippen LogP contribution < -0.4 is 5.73 Å². The van der Waals surface area contributed by atoms with Crippen molar-refractivity contribution in [2.75, 3.05) is 13.7 Å². The lowest BCUT2D eigenvalue weighted by molar-refractivity contribution is 0.152. The summed E-state index contributed by atoms with van der Waals surface area (Å²) in [5, 5.41) is 4.49. The maximum atomic E-state index is 6.21. The van der Waals surface area contributed by atoms with E-state index in [4.69, 9.17) is 10.5 Å². The minimum atomic E-state index is 0.145. The van der Waals surface area contributed by atoms with Gasteiger partial charge in [0.2, 0.25) is 0 Å². The maximum Gasteiger partial charge on any atom is 0.0766 e. The summed E-state index contributed by atoms with van der Waals surface area (Å²) in [4.78, 5) is 0. The van der Waals surface area contributed by atoms with Crippen LogP contribution in [0.1, 0.15) is 31.7 Å². The molecule has 2 N–H and O–H groups in total. The van der Waals surface area contributed by atoms with Crippen LogP contribution in [0.3, 0.4) is 0 Å². The Bertz CT molecular complexity index is 379. The molecule has 104 valence electrons. The predicted octanol–water partition coefficient (Wildman–Crippen LogP) is 2.29. The molecule has 0 amide bonds. The highest BCUT2D eigenvalue weighted by molar-refractivity contribution is 9.10. The van der Waals surface area contributed by atoms with Crippen molar-refractivity contribution in [2.24, 2.45) is 18.7 Å². The van der Waals surface area contributed by atoms with E-state index in [1.807, 2.05) is 11.7 Å². The number of hydrogen-bond acceptors (Lipinski definition) is 3. The highest BCUT2D eigenvalue weighted by Crippen LogP contribution is 2.23. The van der Waals surface area contributed by atoms with Crippen LogP contribution in [0, 0.1) is 5.92 Å². The van der Waals surface area contributed by atoms with E-state index < -0.39 is 0 Å². The molecule has 0 radical (unpaired) electrons. The van der Waals surface area contributed by atoms with Crippen molar-refractivity contribution < 1.29 is 4.74 Å². The SMILES string of the molecule is CCc1nn(C)c(CC(N)CC(C)COC)c1Br. The number of hydrogen-bond donors (Lipinski definition) is 1. The molecular formula is C13H24BrN3O. The predicted molar refractivity (Wildman–Crippen MR) is 77.6 cm³/mol.